The predicted molar refractivity (Wildman–Crippen MR) is 75.4 cm³/mol. The fourth-order valence-corrected chi connectivity index (χ4v) is 3.92. The summed E-state index contributed by atoms with van der Waals surface area (Å²) in [5.41, 5.74) is 0.123. The van der Waals surface area contributed by atoms with Crippen molar-refractivity contribution in [1.29, 1.82) is 0 Å². The Kier molecular flexibility index (Phi) is 4.42. The Morgan fingerprint density at radius 1 is 1.11 bits per heavy atom. The Labute approximate surface area is 116 Å². The van der Waals surface area contributed by atoms with E-state index in [1.807, 2.05) is 0 Å². The molecule has 2 unspecified atom stereocenters. The van der Waals surface area contributed by atoms with Crippen LogP contribution in [0, 0.1) is 0 Å². The number of hydrogen-bond acceptors (Lipinski definition) is 4. The molecule has 3 heterocycles. The van der Waals surface area contributed by atoms with E-state index in [-0.39, 0.29) is 5.60 Å². The number of nitrogens with zero attached hydrogens (tertiary/aromatic N) is 1. The first-order chi connectivity index (χ1) is 9.29. The minimum atomic E-state index is 0.123. The summed E-state index contributed by atoms with van der Waals surface area (Å²) in [6.07, 6.45) is 7.22. The first kappa shape index (κ1) is 13.8. The molecule has 4 nitrogen and oxygen atoms in total. The second-order valence-corrected chi connectivity index (χ2v) is 6.46. The number of ether oxygens (including phenoxy) is 2. The monoisotopic (exact) mass is 268 g/mol. The van der Waals surface area contributed by atoms with E-state index in [4.69, 9.17) is 9.47 Å². The smallest absolute Gasteiger partial charge is 0.0741 e. The maximum absolute atomic E-state index is 6.15. The summed E-state index contributed by atoms with van der Waals surface area (Å²) < 4.78 is 11.7. The van der Waals surface area contributed by atoms with Crippen molar-refractivity contribution in [2.75, 3.05) is 40.0 Å². The summed E-state index contributed by atoms with van der Waals surface area (Å²) in [5, 5.41) is 3.53. The van der Waals surface area contributed by atoms with E-state index in [1.165, 1.54) is 32.2 Å². The van der Waals surface area contributed by atoms with E-state index in [1.54, 1.807) is 0 Å². The zero-order chi connectivity index (χ0) is 13.1. The molecule has 0 aromatic rings. The van der Waals surface area contributed by atoms with Crippen molar-refractivity contribution in [3.05, 3.63) is 0 Å². The third-order valence-electron chi connectivity index (χ3n) is 5.29. The fourth-order valence-electron chi connectivity index (χ4n) is 3.92. The molecule has 3 fully saturated rings. The van der Waals surface area contributed by atoms with Crippen LogP contribution < -0.4 is 5.32 Å². The van der Waals surface area contributed by atoms with Gasteiger partial charge in [-0.05, 0) is 52.1 Å². The van der Waals surface area contributed by atoms with Gasteiger partial charge in [-0.2, -0.15) is 0 Å². The van der Waals surface area contributed by atoms with Crippen LogP contribution in [-0.2, 0) is 9.47 Å². The minimum absolute atomic E-state index is 0.123. The molecule has 0 radical (unpaired) electrons. The maximum atomic E-state index is 6.15. The van der Waals surface area contributed by atoms with Crippen molar-refractivity contribution < 1.29 is 9.47 Å². The number of nitrogens with one attached hydrogen (secondary N) is 1. The summed E-state index contributed by atoms with van der Waals surface area (Å²) in [7, 11) is 2.32. The average molecular weight is 268 g/mol. The first-order valence-electron chi connectivity index (χ1n) is 7.93. The lowest BCUT2D eigenvalue weighted by atomic mass is 9.83. The summed E-state index contributed by atoms with van der Waals surface area (Å²) in [4.78, 5) is 2.63. The Bertz CT molecular complexity index is 280. The fraction of sp³-hybridized carbons (Fsp3) is 1.00. The lowest BCUT2D eigenvalue weighted by Gasteiger charge is -2.47. The Morgan fingerprint density at radius 2 is 1.95 bits per heavy atom. The third kappa shape index (κ3) is 3.13. The maximum Gasteiger partial charge on any atom is 0.0741 e. The van der Waals surface area contributed by atoms with Crippen LogP contribution in [0.3, 0.4) is 0 Å². The van der Waals surface area contributed by atoms with Gasteiger partial charge in [0, 0.05) is 38.4 Å². The molecule has 0 aliphatic carbocycles. The molecule has 2 atom stereocenters. The van der Waals surface area contributed by atoms with E-state index >= 15 is 0 Å². The van der Waals surface area contributed by atoms with Crippen LogP contribution in [0.5, 0.6) is 0 Å². The quantitative estimate of drug-likeness (QED) is 0.821. The van der Waals surface area contributed by atoms with Crippen molar-refractivity contribution >= 4 is 0 Å². The summed E-state index contributed by atoms with van der Waals surface area (Å²) >= 11 is 0. The highest BCUT2D eigenvalue weighted by Crippen LogP contribution is 2.36. The molecule has 3 aliphatic rings. The van der Waals surface area contributed by atoms with Crippen LogP contribution in [0.4, 0.5) is 0 Å². The zero-order valence-electron chi connectivity index (χ0n) is 12.2. The standard InChI is InChI=1S/C15H28N2O2/c1-17(14-3-2-7-16-12-14)13-4-8-19-15(11-13)5-9-18-10-6-15/h13-14,16H,2-12H2,1H3. The molecule has 1 N–H and O–H groups in total. The SMILES string of the molecule is CN(C1CCCNC1)C1CCOC2(CCOCC2)C1. The van der Waals surface area contributed by atoms with Crippen LogP contribution in [0.15, 0.2) is 0 Å². The predicted octanol–water partition coefficient (Wildman–Crippen LogP) is 1.40. The molecule has 0 aromatic heterocycles. The molecule has 1 spiro atoms. The van der Waals surface area contributed by atoms with Gasteiger partial charge in [-0.3, -0.25) is 4.90 Å². The molecular weight excluding hydrogens is 240 g/mol. The van der Waals surface area contributed by atoms with Crippen LogP contribution in [0.1, 0.15) is 38.5 Å². The molecule has 0 aromatic carbocycles. The van der Waals surface area contributed by atoms with Gasteiger partial charge in [0.15, 0.2) is 0 Å². The van der Waals surface area contributed by atoms with E-state index in [9.17, 15) is 0 Å². The molecule has 19 heavy (non-hydrogen) atoms. The van der Waals surface area contributed by atoms with E-state index in [2.05, 4.69) is 17.3 Å². The summed E-state index contributed by atoms with van der Waals surface area (Å²) in [5.74, 6) is 0. The van der Waals surface area contributed by atoms with Crippen LogP contribution in [0.2, 0.25) is 0 Å². The van der Waals surface area contributed by atoms with Gasteiger partial charge in [0.05, 0.1) is 5.60 Å². The molecule has 0 bridgehead atoms. The van der Waals surface area contributed by atoms with Crippen LogP contribution >= 0.6 is 0 Å². The lowest BCUT2D eigenvalue weighted by Crippen LogP contribution is -2.54. The second kappa shape index (κ2) is 6.08. The zero-order valence-corrected chi connectivity index (χ0v) is 12.2. The van der Waals surface area contributed by atoms with Gasteiger partial charge in [-0.15, -0.1) is 0 Å². The van der Waals surface area contributed by atoms with Crippen molar-refractivity contribution in [3.63, 3.8) is 0 Å². The number of rotatable bonds is 2. The van der Waals surface area contributed by atoms with Gasteiger partial charge >= 0.3 is 0 Å². The van der Waals surface area contributed by atoms with E-state index in [0.29, 0.717) is 12.1 Å². The molecule has 3 aliphatic heterocycles. The normalized spacial score (nSPS) is 35.7. The van der Waals surface area contributed by atoms with Gasteiger partial charge in [-0.1, -0.05) is 0 Å². The highest BCUT2D eigenvalue weighted by atomic mass is 16.5. The van der Waals surface area contributed by atoms with Gasteiger partial charge in [-0.25, -0.2) is 0 Å². The van der Waals surface area contributed by atoms with Crippen LogP contribution in [0.25, 0.3) is 0 Å². The van der Waals surface area contributed by atoms with Gasteiger partial charge in [0.25, 0.3) is 0 Å². The third-order valence-corrected chi connectivity index (χ3v) is 5.29. The number of hydrogen-bond donors (Lipinski definition) is 1. The summed E-state index contributed by atoms with van der Waals surface area (Å²) in [6.45, 7) is 5.03. The molecule has 110 valence electrons. The van der Waals surface area contributed by atoms with Gasteiger partial charge < -0.3 is 14.8 Å². The van der Waals surface area contributed by atoms with Gasteiger partial charge in [0.2, 0.25) is 0 Å². The molecular formula is C15H28N2O2. The molecule has 4 heteroatoms. The molecule has 3 saturated heterocycles. The van der Waals surface area contributed by atoms with Crippen molar-refractivity contribution in [1.82, 2.24) is 10.2 Å². The summed E-state index contributed by atoms with van der Waals surface area (Å²) in [6, 6.07) is 1.41. The van der Waals surface area contributed by atoms with E-state index < -0.39 is 0 Å². The lowest BCUT2D eigenvalue weighted by molar-refractivity contribution is -0.152. The molecule has 0 amide bonds. The average Bonchev–Trinajstić information content (AvgIpc) is 2.48. The van der Waals surface area contributed by atoms with Crippen molar-refractivity contribution in [2.24, 2.45) is 0 Å². The molecule has 0 saturated carbocycles. The molecule has 3 rings (SSSR count). The largest absolute Gasteiger partial charge is 0.381 e. The van der Waals surface area contributed by atoms with Crippen LogP contribution in [-0.4, -0.2) is 62.5 Å². The topological polar surface area (TPSA) is 33.7 Å². The minimum Gasteiger partial charge on any atom is -0.381 e. The highest BCUT2D eigenvalue weighted by Gasteiger charge is 2.41. The van der Waals surface area contributed by atoms with E-state index in [0.717, 1.165) is 39.2 Å². The Morgan fingerprint density at radius 3 is 2.68 bits per heavy atom. The highest BCUT2D eigenvalue weighted by molar-refractivity contribution is 4.93. The number of piperidine rings is 1. The first-order valence-corrected chi connectivity index (χ1v) is 7.93. The Balaban J connectivity index is 1.60. The Hall–Kier alpha value is -0.160. The van der Waals surface area contributed by atoms with Crippen molar-refractivity contribution in [2.45, 2.75) is 56.2 Å². The number of likely N-dealkylation sites (N-methyl/N-ethyl adjacent to an activating group) is 1. The second-order valence-electron chi connectivity index (χ2n) is 6.46. The van der Waals surface area contributed by atoms with Gasteiger partial charge in [0.1, 0.15) is 0 Å². The van der Waals surface area contributed by atoms with Crippen molar-refractivity contribution in [3.8, 4) is 0 Å².